The summed E-state index contributed by atoms with van der Waals surface area (Å²) in [5.74, 6) is -1.84. The van der Waals surface area contributed by atoms with Gasteiger partial charge in [-0.3, -0.25) is 9.59 Å². The highest BCUT2D eigenvalue weighted by Crippen LogP contribution is 2.24. The Balaban J connectivity index is 1.56. The quantitative estimate of drug-likeness (QED) is 0.454. The van der Waals surface area contributed by atoms with Gasteiger partial charge >= 0.3 is 0 Å². The van der Waals surface area contributed by atoms with Gasteiger partial charge in [0.1, 0.15) is 5.82 Å². The Morgan fingerprint density at radius 2 is 1.62 bits per heavy atom. The van der Waals surface area contributed by atoms with E-state index in [0.29, 0.717) is 6.54 Å². The number of amides is 2. The molecule has 0 spiro atoms. The number of halogens is 1. The molecular weight excluding hydrogens is 435 g/mol. The number of likely N-dealkylation sites (N-methyl/N-ethyl adjacent to an activating group) is 1. The molecule has 2 atom stereocenters. The second-order valence-corrected chi connectivity index (χ2v) is 8.10. The Hall–Kier alpha value is -3.55. The number of hydrogen-bond donors (Lipinski definition) is 3. The molecule has 178 valence electrons. The van der Waals surface area contributed by atoms with Crippen LogP contribution in [0.2, 0.25) is 0 Å². The van der Waals surface area contributed by atoms with Crippen molar-refractivity contribution in [2.75, 3.05) is 6.54 Å². The molecule has 0 bridgehead atoms. The van der Waals surface area contributed by atoms with Crippen LogP contribution in [0.4, 0.5) is 4.39 Å². The monoisotopic (exact) mass is 464 g/mol. The Labute approximate surface area is 198 Å². The van der Waals surface area contributed by atoms with E-state index in [9.17, 15) is 24.2 Å². The van der Waals surface area contributed by atoms with Gasteiger partial charge in [0.05, 0.1) is 0 Å². The SMILES string of the molecule is CCN(Cc1ccccc1)C(=O)C(O)C(O)C(=O)NCc1ccc(-c2ccc(F)cc2C)cc1. The number of nitrogens with one attached hydrogen (secondary N) is 1. The minimum absolute atomic E-state index is 0.112. The maximum Gasteiger partial charge on any atom is 0.254 e. The van der Waals surface area contributed by atoms with Gasteiger partial charge in [0.25, 0.3) is 11.8 Å². The molecule has 0 heterocycles. The van der Waals surface area contributed by atoms with Crippen molar-refractivity contribution in [1.82, 2.24) is 10.2 Å². The van der Waals surface area contributed by atoms with E-state index in [0.717, 1.165) is 27.8 Å². The standard InChI is InChI=1S/C27H29FN2O4/c1-3-30(17-20-7-5-4-6-8-20)27(34)25(32)24(31)26(33)29-16-19-9-11-21(12-10-19)23-14-13-22(28)15-18(23)2/h4-15,24-25,31-32H,3,16-17H2,1-2H3,(H,29,33). The first-order chi connectivity index (χ1) is 16.3. The first-order valence-corrected chi connectivity index (χ1v) is 11.1. The van der Waals surface area contributed by atoms with Gasteiger partial charge in [0.15, 0.2) is 12.2 Å². The van der Waals surface area contributed by atoms with Crippen LogP contribution in [0.25, 0.3) is 11.1 Å². The number of nitrogens with zero attached hydrogens (tertiary/aromatic N) is 1. The van der Waals surface area contributed by atoms with Crippen molar-refractivity contribution in [3.05, 3.63) is 95.3 Å². The number of aryl methyl sites for hydroxylation is 1. The molecule has 0 fully saturated rings. The average molecular weight is 465 g/mol. The third-order valence-electron chi connectivity index (χ3n) is 5.65. The molecule has 0 aliphatic heterocycles. The number of carbonyl (C=O) groups is 2. The molecule has 0 aromatic heterocycles. The van der Waals surface area contributed by atoms with E-state index >= 15 is 0 Å². The van der Waals surface area contributed by atoms with Crippen LogP contribution in [0.3, 0.4) is 0 Å². The van der Waals surface area contributed by atoms with Crippen molar-refractivity contribution in [1.29, 1.82) is 0 Å². The lowest BCUT2D eigenvalue weighted by Gasteiger charge is -2.26. The van der Waals surface area contributed by atoms with E-state index in [2.05, 4.69) is 5.32 Å². The van der Waals surface area contributed by atoms with Gasteiger partial charge in [0.2, 0.25) is 0 Å². The van der Waals surface area contributed by atoms with Crippen molar-refractivity contribution in [2.45, 2.75) is 39.1 Å². The highest BCUT2D eigenvalue weighted by molar-refractivity contribution is 5.90. The van der Waals surface area contributed by atoms with E-state index in [-0.39, 0.29) is 18.9 Å². The molecule has 7 heteroatoms. The van der Waals surface area contributed by atoms with Crippen LogP contribution in [-0.4, -0.2) is 45.7 Å². The minimum atomic E-state index is -1.89. The van der Waals surface area contributed by atoms with Crippen molar-refractivity contribution in [2.24, 2.45) is 0 Å². The Morgan fingerprint density at radius 3 is 2.24 bits per heavy atom. The number of benzene rings is 3. The maximum atomic E-state index is 13.3. The predicted molar refractivity (Wildman–Crippen MR) is 128 cm³/mol. The van der Waals surface area contributed by atoms with Crippen molar-refractivity contribution < 1.29 is 24.2 Å². The van der Waals surface area contributed by atoms with Gasteiger partial charge in [-0.05, 0) is 53.8 Å². The molecule has 0 saturated heterocycles. The molecule has 6 nitrogen and oxygen atoms in total. The number of aliphatic hydroxyl groups excluding tert-OH is 2. The van der Waals surface area contributed by atoms with Crippen LogP contribution >= 0.6 is 0 Å². The highest BCUT2D eigenvalue weighted by atomic mass is 19.1. The second-order valence-electron chi connectivity index (χ2n) is 8.10. The first kappa shape index (κ1) is 25.1. The summed E-state index contributed by atoms with van der Waals surface area (Å²) in [5.41, 5.74) is 4.28. The summed E-state index contributed by atoms with van der Waals surface area (Å²) >= 11 is 0. The highest BCUT2D eigenvalue weighted by Gasteiger charge is 2.32. The Kier molecular flexibility index (Phi) is 8.51. The van der Waals surface area contributed by atoms with Crippen molar-refractivity contribution >= 4 is 11.8 Å². The first-order valence-electron chi connectivity index (χ1n) is 11.1. The third kappa shape index (κ3) is 6.27. The number of rotatable bonds is 9. The molecule has 3 aromatic rings. The number of carbonyl (C=O) groups excluding carboxylic acids is 2. The zero-order valence-corrected chi connectivity index (χ0v) is 19.2. The molecule has 3 rings (SSSR count). The molecule has 34 heavy (non-hydrogen) atoms. The number of aliphatic hydroxyl groups is 2. The van der Waals surface area contributed by atoms with Gasteiger partial charge in [-0.1, -0.05) is 60.7 Å². The van der Waals surface area contributed by atoms with E-state index in [1.165, 1.54) is 17.0 Å². The molecular formula is C27H29FN2O4. The minimum Gasteiger partial charge on any atom is -0.380 e. The molecule has 2 amide bonds. The summed E-state index contributed by atoms with van der Waals surface area (Å²) in [6.45, 7) is 4.29. The normalized spacial score (nSPS) is 12.6. The number of hydrogen-bond acceptors (Lipinski definition) is 4. The van der Waals surface area contributed by atoms with Gasteiger partial charge < -0.3 is 20.4 Å². The molecule has 2 unspecified atom stereocenters. The summed E-state index contributed by atoms with van der Waals surface area (Å²) in [5, 5.41) is 23.1. The zero-order valence-electron chi connectivity index (χ0n) is 19.2. The van der Waals surface area contributed by atoms with E-state index in [4.69, 9.17) is 0 Å². The molecule has 0 saturated carbocycles. The zero-order chi connectivity index (χ0) is 24.7. The van der Waals surface area contributed by atoms with Crippen LogP contribution < -0.4 is 5.32 Å². The Bertz CT molecular complexity index is 1120. The van der Waals surface area contributed by atoms with Crippen LogP contribution in [0, 0.1) is 12.7 Å². The lowest BCUT2D eigenvalue weighted by atomic mass is 9.99. The van der Waals surface area contributed by atoms with Crippen LogP contribution in [0.5, 0.6) is 0 Å². The van der Waals surface area contributed by atoms with Gasteiger partial charge in [-0.15, -0.1) is 0 Å². The summed E-state index contributed by atoms with van der Waals surface area (Å²) in [6.07, 6.45) is -3.76. The molecule has 3 aromatic carbocycles. The van der Waals surface area contributed by atoms with Gasteiger partial charge in [-0.2, -0.15) is 0 Å². The van der Waals surface area contributed by atoms with Gasteiger partial charge in [0, 0.05) is 19.6 Å². The van der Waals surface area contributed by atoms with Crippen LogP contribution in [-0.2, 0) is 22.7 Å². The van der Waals surface area contributed by atoms with Crippen LogP contribution in [0.15, 0.2) is 72.8 Å². The van der Waals surface area contributed by atoms with Crippen LogP contribution in [0.1, 0.15) is 23.6 Å². The van der Waals surface area contributed by atoms with E-state index in [1.54, 1.807) is 13.0 Å². The van der Waals surface area contributed by atoms with Crippen molar-refractivity contribution in [3.8, 4) is 11.1 Å². The summed E-state index contributed by atoms with van der Waals surface area (Å²) in [4.78, 5) is 26.4. The Morgan fingerprint density at radius 1 is 0.941 bits per heavy atom. The molecule has 0 aliphatic rings. The van der Waals surface area contributed by atoms with Gasteiger partial charge in [-0.25, -0.2) is 4.39 Å². The fourth-order valence-electron chi connectivity index (χ4n) is 3.66. The predicted octanol–water partition coefficient (Wildman–Crippen LogP) is 3.19. The lowest BCUT2D eigenvalue weighted by Crippen LogP contribution is -2.50. The van der Waals surface area contributed by atoms with E-state index < -0.39 is 24.0 Å². The topological polar surface area (TPSA) is 89.9 Å². The van der Waals surface area contributed by atoms with Crippen molar-refractivity contribution in [3.63, 3.8) is 0 Å². The summed E-state index contributed by atoms with van der Waals surface area (Å²) in [7, 11) is 0. The smallest absolute Gasteiger partial charge is 0.254 e. The largest absolute Gasteiger partial charge is 0.380 e. The summed E-state index contributed by atoms with van der Waals surface area (Å²) < 4.78 is 13.3. The third-order valence-corrected chi connectivity index (χ3v) is 5.65. The maximum absolute atomic E-state index is 13.3. The summed E-state index contributed by atoms with van der Waals surface area (Å²) in [6, 6.07) is 21.2. The lowest BCUT2D eigenvalue weighted by molar-refractivity contribution is -0.153. The van der Waals surface area contributed by atoms with E-state index in [1.807, 2.05) is 61.5 Å². The fourth-order valence-corrected chi connectivity index (χ4v) is 3.66. The second kappa shape index (κ2) is 11.5. The molecule has 0 aliphatic carbocycles. The fraction of sp³-hybridized carbons (Fsp3) is 0.259. The average Bonchev–Trinajstić information content (AvgIpc) is 2.85. The molecule has 0 radical (unpaired) electrons. The molecule has 3 N–H and O–H groups in total.